The van der Waals surface area contributed by atoms with E-state index in [-0.39, 0.29) is 0 Å². The van der Waals surface area contributed by atoms with Gasteiger partial charge in [-0.1, -0.05) is 33.6 Å². The number of anilines is 2. The average Bonchev–Trinajstić information content (AvgIpc) is 3.01. The van der Waals surface area contributed by atoms with Crippen LogP contribution in [0.5, 0.6) is 0 Å². The molecule has 2 aromatic rings. The minimum Gasteiger partial charge on any atom is -0.368 e. The summed E-state index contributed by atoms with van der Waals surface area (Å²) >= 11 is 11.4. The summed E-state index contributed by atoms with van der Waals surface area (Å²) in [6.07, 6.45) is 1.87. The molecule has 0 saturated carbocycles. The lowest BCUT2D eigenvalue weighted by Gasteiger charge is -2.36. The van der Waals surface area contributed by atoms with Crippen molar-refractivity contribution in [2.75, 3.05) is 36.0 Å². The van der Waals surface area contributed by atoms with Gasteiger partial charge in [-0.15, -0.1) is 11.3 Å². The first-order valence-electron chi connectivity index (χ1n) is 6.51. The van der Waals surface area contributed by atoms with E-state index < -0.39 is 0 Å². The molecule has 0 aliphatic carbocycles. The molecule has 6 heteroatoms. The van der Waals surface area contributed by atoms with Gasteiger partial charge in [0.15, 0.2) is 5.13 Å². The number of piperazine rings is 1. The van der Waals surface area contributed by atoms with E-state index in [9.17, 15) is 0 Å². The molecule has 106 valence electrons. The highest BCUT2D eigenvalue weighted by molar-refractivity contribution is 9.08. The molecule has 0 spiro atoms. The summed E-state index contributed by atoms with van der Waals surface area (Å²) in [6, 6.07) is 6.32. The molecular formula is C14H15BrClN3S. The van der Waals surface area contributed by atoms with E-state index in [1.807, 2.05) is 11.6 Å². The van der Waals surface area contributed by atoms with Crippen molar-refractivity contribution in [3.05, 3.63) is 40.4 Å². The number of hydrogen-bond acceptors (Lipinski definition) is 4. The molecule has 0 radical (unpaired) electrons. The Morgan fingerprint density at radius 1 is 1.20 bits per heavy atom. The van der Waals surface area contributed by atoms with E-state index in [0.717, 1.165) is 47.2 Å². The van der Waals surface area contributed by atoms with Gasteiger partial charge in [0.1, 0.15) is 0 Å². The van der Waals surface area contributed by atoms with Crippen molar-refractivity contribution in [3.8, 4) is 0 Å². The molecule has 1 aromatic carbocycles. The monoisotopic (exact) mass is 371 g/mol. The van der Waals surface area contributed by atoms with Crippen LogP contribution in [0.15, 0.2) is 29.8 Å². The largest absolute Gasteiger partial charge is 0.368 e. The molecule has 1 saturated heterocycles. The average molecular weight is 373 g/mol. The van der Waals surface area contributed by atoms with E-state index in [0.29, 0.717) is 0 Å². The first kappa shape index (κ1) is 14.2. The highest BCUT2D eigenvalue weighted by Gasteiger charge is 2.19. The van der Waals surface area contributed by atoms with Crippen LogP contribution in [0.25, 0.3) is 0 Å². The topological polar surface area (TPSA) is 19.4 Å². The Morgan fingerprint density at radius 3 is 2.55 bits per heavy atom. The molecule has 0 amide bonds. The molecule has 20 heavy (non-hydrogen) atoms. The fourth-order valence-corrected chi connectivity index (χ4v) is 3.96. The summed E-state index contributed by atoms with van der Waals surface area (Å²) in [5.74, 6) is 0. The minimum absolute atomic E-state index is 0.796. The maximum Gasteiger partial charge on any atom is 0.185 e. The maximum absolute atomic E-state index is 6.28. The predicted octanol–water partition coefficient (Wildman–Crippen LogP) is 4.02. The fraction of sp³-hybridized carbons (Fsp3) is 0.357. The molecule has 1 aliphatic rings. The van der Waals surface area contributed by atoms with Crippen molar-refractivity contribution in [2.24, 2.45) is 0 Å². The van der Waals surface area contributed by atoms with Crippen LogP contribution in [0, 0.1) is 0 Å². The van der Waals surface area contributed by atoms with Crippen molar-refractivity contribution in [2.45, 2.75) is 5.33 Å². The van der Waals surface area contributed by atoms with Gasteiger partial charge in [0, 0.05) is 53.8 Å². The molecule has 0 bridgehead atoms. The van der Waals surface area contributed by atoms with Crippen LogP contribution >= 0.6 is 38.9 Å². The number of rotatable bonds is 3. The predicted molar refractivity (Wildman–Crippen MR) is 90.6 cm³/mol. The van der Waals surface area contributed by atoms with Gasteiger partial charge in [0.05, 0.1) is 0 Å². The minimum atomic E-state index is 0.796. The summed E-state index contributed by atoms with van der Waals surface area (Å²) in [5, 5.41) is 4.78. The number of nitrogens with zero attached hydrogens (tertiary/aromatic N) is 3. The Labute approximate surface area is 136 Å². The SMILES string of the molecule is Clc1cc(N2CCN(c3nccs3)CC2)ccc1CBr. The zero-order valence-corrected chi connectivity index (χ0v) is 14.1. The first-order chi connectivity index (χ1) is 9.78. The van der Waals surface area contributed by atoms with Crippen molar-refractivity contribution < 1.29 is 0 Å². The number of benzene rings is 1. The summed E-state index contributed by atoms with van der Waals surface area (Å²) in [7, 11) is 0. The molecule has 0 unspecified atom stereocenters. The van der Waals surface area contributed by atoms with Crippen LogP contribution in [0.1, 0.15) is 5.56 Å². The summed E-state index contributed by atoms with van der Waals surface area (Å²) < 4.78 is 0. The second-order valence-corrected chi connectivity index (χ2v) is 6.54. The van der Waals surface area contributed by atoms with Crippen molar-refractivity contribution >= 4 is 49.7 Å². The summed E-state index contributed by atoms with van der Waals surface area (Å²) in [4.78, 5) is 9.10. The van der Waals surface area contributed by atoms with Crippen molar-refractivity contribution in [1.29, 1.82) is 0 Å². The number of hydrogen-bond donors (Lipinski definition) is 0. The fourth-order valence-electron chi connectivity index (χ4n) is 2.37. The van der Waals surface area contributed by atoms with Gasteiger partial charge in [-0.3, -0.25) is 0 Å². The van der Waals surface area contributed by atoms with Gasteiger partial charge in [0.25, 0.3) is 0 Å². The Kier molecular flexibility index (Phi) is 4.48. The summed E-state index contributed by atoms with van der Waals surface area (Å²) in [5.41, 5.74) is 2.34. The molecule has 1 fully saturated rings. The highest BCUT2D eigenvalue weighted by Crippen LogP contribution is 2.27. The zero-order valence-electron chi connectivity index (χ0n) is 10.9. The van der Waals surface area contributed by atoms with Crippen molar-refractivity contribution in [3.63, 3.8) is 0 Å². The third kappa shape index (κ3) is 2.95. The van der Waals surface area contributed by atoms with Gasteiger partial charge < -0.3 is 9.80 Å². The lowest BCUT2D eigenvalue weighted by molar-refractivity contribution is 0.652. The van der Waals surface area contributed by atoms with E-state index in [2.05, 4.69) is 48.9 Å². The molecular weight excluding hydrogens is 358 g/mol. The zero-order chi connectivity index (χ0) is 13.9. The molecule has 3 nitrogen and oxygen atoms in total. The van der Waals surface area contributed by atoms with Gasteiger partial charge in [-0.25, -0.2) is 4.98 Å². The third-order valence-electron chi connectivity index (χ3n) is 3.52. The molecule has 0 N–H and O–H groups in total. The van der Waals surface area contributed by atoms with Crippen LogP contribution in [-0.2, 0) is 5.33 Å². The number of alkyl halides is 1. The quantitative estimate of drug-likeness (QED) is 0.759. The lowest BCUT2D eigenvalue weighted by Crippen LogP contribution is -2.46. The molecule has 1 aromatic heterocycles. The van der Waals surface area contributed by atoms with Crippen LogP contribution < -0.4 is 9.80 Å². The van der Waals surface area contributed by atoms with Gasteiger partial charge >= 0.3 is 0 Å². The van der Waals surface area contributed by atoms with Gasteiger partial charge in [0.2, 0.25) is 0 Å². The normalized spacial score (nSPS) is 15.7. The van der Waals surface area contributed by atoms with E-state index >= 15 is 0 Å². The molecule has 3 rings (SSSR count). The standard InChI is InChI=1S/C14H15BrClN3S/c15-10-11-1-2-12(9-13(11)16)18-4-6-19(7-5-18)14-17-3-8-20-14/h1-3,8-9H,4-7,10H2. The highest BCUT2D eigenvalue weighted by atomic mass is 79.9. The van der Waals surface area contributed by atoms with E-state index in [1.165, 1.54) is 5.69 Å². The van der Waals surface area contributed by atoms with Crippen molar-refractivity contribution in [1.82, 2.24) is 4.98 Å². The van der Waals surface area contributed by atoms with Crippen LogP contribution in [0.4, 0.5) is 10.8 Å². The molecule has 1 aliphatic heterocycles. The Morgan fingerprint density at radius 2 is 1.95 bits per heavy atom. The lowest BCUT2D eigenvalue weighted by atomic mass is 10.2. The van der Waals surface area contributed by atoms with E-state index in [1.54, 1.807) is 11.3 Å². The second kappa shape index (κ2) is 6.33. The Balaban J connectivity index is 1.67. The van der Waals surface area contributed by atoms with Crippen LogP contribution in [0.3, 0.4) is 0 Å². The molecule has 0 atom stereocenters. The number of aromatic nitrogens is 1. The first-order valence-corrected chi connectivity index (χ1v) is 8.89. The Hall–Kier alpha value is -0.780. The number of halogens is 2. The summed E-state index contributed by atoms with van der Waals surface area (Å²) in [6.45, 7) is 4.02. The second-order valence-electron chi connectivity index (χ2n) is 4.70. The van der Waals surface area contributed by atoms with Crippen LogP contribution in [0.2, 0.25) is 5.02 Å². The maximum atomic E-state index is 6.28. The molecule has 2 heterocycles. The smallest absolute Gasteiger partial charge is 0.185 e. The van der Waals surface area contributed by atoms with Gasteiger partial charge in [-0.05, 0) is 17.7 Å². The van der Waals surface area contributed by atoms with Crippen LogP contribution in [-0.4, -0.2) is 31.2 Å². The van der Waals surface area contributed by atoms with Gasteiger partial charge in [-0.2, -0.15) is 0 Å². The Bertz CT molecular complexity index is 568. The third-order valence-corrected chi connectivity index (χ3v) is 5.30. The number of thiazole rings is 1. The van der Waals surface area contributed by atoms with E-state index in [4.69, 9.17) is 11.6 Å².